The molecule has 39 heavy (non-hydrogen) atoms. The number of carbonyl (C=O) groups excluding carboxylic acids is 1. The van der Waals surface area contributed by atoms with E-state index in [-0.39, 0.29) is 18.0 Å². The Bertz CT molecular complexity index is 1820. The van der Waals surface area contributed by atoms with Crippen LogP contribution < -0.4 is 14.8 Å². The highest BCUT2D eigenvalue weighted by atomic mass is 32.1. The zero-order valence-electron chi connectivity index (χ0n) is 20.7. The van der Waals surface area contributed by atoms with Crippen molar-refractivity contribution >= 4 is 50.1 Å². The van der Waals surface area contributed by atoms with E-state index < -0.39 is 18.0 Å². The topological polar surface area (TPSA) is 113 Å². The van der Waals surface area contributed by atoms with Crippen LogP contribution in [0.3, 0.4) is 0 Å². The highest BCUT2D eigenvalue weighted by Gasteiger charge is 2.31. The minimum atomic E-state index is -0.728. The van der Waals surface area contributed by atoms with Crippen LogP contribution in [0.4, 0.5) is 20.6 Å². The highest BCUT2D eigenvalue weighted by Crippen LogP contribution is 2.43. The first kappa shape index (κ1) is 24.4. The van der Waals surface area contributed by atoms with Gasteiger partial charge in [-0.3, -0.25) is 10.3 Å². The Morgan fingerprint density at radius 3 is 2.92 bits per heavy atom. The molecule has 0 saturated carbocycles. The maximum absolute atomic E-state index is 15.0. The van der Waals surface area contributed by atoms with Crippen molar-refractivity contribution < 1.29 is 23.4 Å². The summed E-state index contributed by atoms with van der Waals surface area (Å²) >= 11 is 1.42. The van der Waals surface area contributed by atoms with Gasteiger partial charge < -0.3 is 14.2 Å². The monoisotopic (exact) mass is 542 g/mol. The zero-order chi connectivity index (χ0) is 27.1. The Morgan fingerprint density at radius 1 is 1.23 bits per heavy atom. The van der Waals surface area contributed by atoms with Crippen molar-refractivity contribution in [3.05, 3.63) is 71.2 Å². The number of amides is 1. The van der Waals surface area contributed by atoms with Gasteiger partial charge in [0.25, 0.3) is 0 Å². The van der Waals surface area contributed by atoms with E-state index >= 15 is 4.39 Å². The number of ether oxygens (including phenoxy) is 3. The number of nitrogens with zero attached hydrogens (tertiary/aromatic N) is 5. The summed E-state index contributed by atoms with van der Waals surface area (Å²) in [5.41, 5.74) is 4.93. The van der Waals surface area contributed by atoms with Crippen molar-refractivity contribution in [2.24, 2.45) is 0 Å². The summed E-state index contributed by atoms with van der Waals surface area (Å²) in [4.78, 5) is 33.2. The van der Waals surface area contributed by atoms with Gasteiger partial charge in [-0.2, -0.15) is 0 Å². The molecule has 0 fully saturated rings. The third-order valence-electron chi connectivity index (χ3n) is 6.11. The van der Waals surface area contributed by atoms with Crippen LogP contribution in [0, 0.1) is 19.3 Å². The number of methoxy groups -OCH3 is 1. The second kappa shape index (κ2) is 9.77. The molecule has 2 aromatic carbocycles. The number of hydrogen-bond donors (Lipinski definition) is 1. The fourth-order valence-corrected chi connectivity index (χ4v) is 5.54. The van der Waals surface area contributed by atoms with Crippen molar-refractivity contribution in [1.82, 2.24) is 19.9 Å². The number of thiazole rings is 1. The van der Waals surface area contributed by atoms with Crippen LogP contribution >= 0.6 is 11.3 Å². The first-order chi connectivity index (χ1) is 18.9. The number of benzene rings is 2. The maximum atomic E-state index is 15.0. The number of carbonyl (C=O) groups is 1. The van der Waals surface area contributed by atoms with Crippen molar-refractivity contribution in [2.45, 2.75) is 19.4 Å². The SMILES string of the molecule is [C-]#[N+]c1cncc(NC(=O)OC[C@H]2Cc3c(c(F)cc4nc(-c5cc(C)cc6nc(OC)cnc56)sc34)O2)c1. The lowest BCUT2D eigenvalue weighted by molar-refractivity contribution is 0.100. The quantitative estimate of drug-likeness (QED) is 0.275. The van der Waals surface area contributed by atoms with Gasteiger partial charge in [0.1, 0.15) is 17.7 Å². The van der Waals surface area contributed by atoms with Gasteiger partial charge in [0.2, 0.25) is 11.6 Å². The maximum Gasteiger partial charge on any atom is 0.411 e. The number of pyridine rings is 1. The molecule has 1 amide bonds. The van der Waals surface area contributed by atoms with Gasteiger partial charge in [0.05, 0.1) is 46.8 Å². The zero-order valence-corrected chi connectivity index (χ0v) is 21.5. The van der Waals surface area contributed by atoms with Crippen LogP contribution in [0.2, 0.25) is 0 Å². The van der Waals surface area contributed by atoms with E-state index in [2.05, 4.69) is 25.1 Å². The standard InChI is InChI=1S/C27H19FN6O4S/c1-13-4-17(23-20(5-13)33-22(36-3)11-31-23)26-34-21-8-19(28)24-18(25(21)39-26)7-16(38-24)12-37-27(35)32-15-6-14(29-2)9-30-10-15/h4-6,8-11,16H,7,12H2,1,3H3,(H,32,35)/t16-/m1/s1. The minimum absolute atomic E-state index is 0.0943. The summed E-state index contributed by atoms with van der Waals surface area (Å²) in [5, 5.41) is 3.21. The molecule has 6 rings (SSSR count). The molecule has 0 saturated heterocycles. The fourth-order valence-electron chi connectivity index (χ4n) is 4.42. The van der Waals surface area contributed by atoms with Crippen LogP contribution in [0.5, 0.6) is 11.6 Å². The number of fused-ring (bicyclic) bond motifs is 4. The fraction of sp³-hybridized carbons (Fsp3) is 0.185. The average molecular weight is 543 g/mol. The van der Waals surface area contributed by atoms with E-state index in [0.29, 0.717) is 45.1 Å². The second-order valence-corrected chi connectivity index (χ2v) is 9.84. The highest BCUT2D eigenvalue weighted by molar-refractivity contribution is 7.22. The Kier molecular flexibility index (Phi) is 6.12. The van der Waals surface area contributed by atoms with Crippen LogP contribution in [0.15, 0.2) is 42.9 Å². The molecule has 0 aliphatic carbocycles. The predicted molar refractivity (Wildman–Crippen MR) is 143 cm³/mol. The summed E-state index contributed by atoms with van der Waals surface area (Å²) in [6, 6.07) is 6.74. The smallest absolute Gasteiger partial charge is 0.411 e. The lowest BCUT2D eigenvalue weighted by Gasteiger charge is -2.12. The molecule has 12 heteroatoms. The van der Waals surface area contributed by atoms with E-state index in [4.69, 9.17) is 25.8 Å². The van der Waals surface area contributed by atoms with Gasteiger partial charge in [-0.1, -0.05) is 0 Å². The van der Waals surface area contributed by atoms with E-state index in [1.165, 1.54) is 43.0 Å². The first-order valence-electron chi connectivity index (χ1n) is 11.8. The molecule has 10 nitrogen and oxygen atoms in total. The molecule has 3 aromatic heterocycles. The molecule has 0 bridgehead atoms. The summed E-state index contributed by atoms with van der Waals surface area (Å²) in [5.74, 6) is 0.0251. The average Bonchev–Trinajstić information content (AvgIpc) is 3.56. The third kappa shape index (κ3) is 4.64. The van der Waals surface area contributed by atoms with Gasteiger partial charge in [-0.25, -0.2) is 29.0 Å². The number of halogens is 1. The molecule has 0 radical (unpaired) electrons. The Labute approximate surface area is 225 Å². The first-order valence-corrected chi connectivity index (χ1v) is 12.6. The Hall–Kier alpha value is -4.89. The predicted octanol–water partition coefficient (Wildman–Crippen LogP) is 5.86. The molecule has 1 aliphatic rings. The van der Waals surface area contributed by atoms with Crippen molar-refractivity contribution in [1.29, 1.82) is 0 Å². The number of aryl methyl sites for hydroxylation is 1. The van der Waals surface area contributed by atoms with Gasteiger partial charge in [0.15, 0.2) is 11.6 Å². The normalized spacial score (nSPS) is 14.1. The van der Waals surface area contributed by atoms with E-state index in [1.54, 1.807) is 6.20 Å². The molecule has 1 N–H and O–H groups in total. The van der Waals surface area contributed by atoms with Crippen molar-refractivity contribution in [2.75, 3.05) is 19.0 Å². The van der Waals surface area contributed by atoms with Gasteiger partial charge in [-0.15, -0.1) is 11.3 Å². The summed E-state index contributed by atoms with van der Waals surface area (Å²) in [6.45, 7) is 8.91. The van der Waals surface area contributed by atoms with Crippen molar-refractivity contribution in [3.8, 4) is 22.2 Å². The molecule has 5 aromatic rings. The number of nitrogens with one attached hydrogen (secondary N) is 1. The molecular formula is C27H19FN6O4S. The number of hydrogen-bond acceptors (Lipinski definition) is 9. The summed E-state index contributed by atoms with van der Waals surface area (Å²) in [6.07, 6.45) is 3.40. The molecule has 0 unspecified atom stereocenters. The van der Waals surface area contributed by atoms with Crippen LogP contribution in [-0.4, -0.2) is 45.8 Å². The van der Waals surface area contributed by atoms with Gasteiger partial charge in [-0.05, 0) is 30.7 Å². The van der Waals surface area contributed by atoms with Gasteiger partial charge in [0, 0.05) is 36.0 Å². The van der Waals surface area contributed by atoms with Crippen LogP contribution in [0.25, 0.3) is 36.7 Å². The Morgan fingerprint density at radius 2 is 2.10 bits per heavy atom. The molecule has 4 heterocycles. The largest absolute Gasteiger partial charge is 0.483 e. The molecule has 1 atom stereocenters. The van der Waals surface area contributed by atoms with Crippen LogP contribution in [-0.2, 0) is 11.2 Å². The number of aromatic nitrogens is 4. The minimum Gasteiger partial charge on any atom is -0.483 e. The van der Waals surface area contributed by atoms with Crippen molar-refractivity contribution in [3.63, 3.8) is 0 Å². The Balaban J connectivity index is 1.24. The van der Waals surface area contributed by atoms with E-state index in [0.717, 1.165) is 15.8 Å². The second-order valence-electron chi connectivity index (χ2n) is 8.84. The molecule has 194 valence electrons. The molecule has 0 spiro atoms. The van der Waals surface area contributed by atoms with E-state index in [1.807, 2.05) is 19.1 Å². The molecule has 1 aliphatic heterocycles. The lowest BCUT2D eigenvalue weighted by Crippen LogP contribution is -2.25. The number of rotatable bonds is 5. The third-order valence-corrected chi connectivity index (χ3v) is 7.27. The number of anilines is 1. The van der Waals surface area contributed by atoms with E-state index in [9.17, 15) is 4.79 Å². The molecular weight excluding hydrogens is 523 g/mol. The summed E-state index contributed by atoms with van der Waals surface area (Å²) < 4.78 is 32.2. The summed E-state index contributed by atoms with van der Waals surface area (Å²) in [7, 11) is 1.54. The van der Waals surface area contributed by atoms with Gasteiger partial charge >= 0.3 is 6.09 Å². The van der Waals surface area contributed by atoms with Crippen LogP contribution in [0.1, 0.15) is 11.1 Å². The lowest BCUT2D eigenvalue weighted by atomic mass is 10.1.